The third kappa shape index (κ3) is 3.89. The average Bonchev–Trinajstić information content (AvgIpc) is 2.88. The number of H-pyrrole nitrogens is 1. The molecule has 0 saturated heterocycles. The van der Waals surface area contributed by atoms with Gasteiger partial charge >= 0.3 is 138 Å². The average molecular weight is 358 g/mol. The first-order valence-electron chi connectivity index (χ1n) is 6.91. The molecule has 0 fully saturated rings. The van der Waals surface area contributed by atoms with E-state index in [4.69, 9.17) is 3.32 Å². The van der Waals surface area contributed by atoms with Crippen LogP contribution in [0, 0.1) is 0 Å². The number of nitrogens with zero attached hydrogens (tertiary/aromatic N) is 3. The summed E-state index contributed by atoms with van der Waals surface area (Å²) in [6.07, 6.45) is 0. The van der Waals surface area contributed by atoms with Crippen LogP contribution in [-0.4, -0.2) is 20.6 Å². The van der Waals surface area contributed by atoms with Gasteiger partial charge in [-0.2, -0.15) is 0 Å². The van der Waals surface area contributed by atoms with Gasteiger partial charge in [0.15, 0.2) is 0 Å². The SMILES string of the molecule is CC(C)(C)c1cc(-c2nnn[nH]2)c([O][Ti])c(C(C)(C)C)c1.Cl. The second kappa shape index (κ2) is 6.69. The maximum Gasteiger partial charge on any atom is -0.147 e. The van der Waals surface area contributed by atoms with Crippen LogP contribution < -0.4 is 3.32 Å². The van der Waals surface area contributed by atoms with Crippen molar-refractivity contribution in [1.82, 2.24) is 20.6 Å². The molecule has 0 bridgehead atoms. The van der Waals surface area contributed by atoms with E-state index in [2.05, 4.69) is 74.3 Å². The van der Waals surface area contributed by atoms with Crippen molar-refractivity contribution in [2.24, 2.45) is 0 Å². The Balaban J connectivity index is 0.00000242. The molecule has 2 rings (SSSR count). The molecule has 0 aliphatic rings. The molecule has 0 unspecified atom stereocenters. The van der Waals surface area contributed by atoms with Crippen LogP contribution in [0.15, 0.2) is 12.1 Å². The smallest absolute Gasteiger partial charge is 0.147 e. The minimum absolute atomic E-state index is 0. The Morgan fingerprint density at radius 2 is 1.68 bits per heavy atom. The summed E-state index contributed by atoms with van der Waals surface area (Å²) in [7, 11) is 0. The summed E-state index contributed by atoms with van der Waals surface area (Å²) >= 11 is 1.69. The molecule has 1 heterocycles. The van der Waals surface area contributed by atoms with Crippen molar-refractivity contribution in [2.75, 3.05) is 0 Å². The van der Waals surface area contributed by atoms with E-state index in [-0.39, 0.29) is 23.2 Å². The van der Waals surface area contributed by atoms with Crippen LogP contribution in [0.5, 0.6) is 5.75 Å². The van der Waals surface area contributed by atoms with E-state index in [1.165, 1.54) is 5.56 Å². The van der Waals surface area contributed by atoms with Gasteiger partial charge in [-0.15, -0.1) is 12.4 Å². The number of hydrogen-bond donors (Lipinski definition) is 1. The molecule has 0 radical (unpaired) electrons. The first-order chi connectivity index (χ1) is 9.64. The molecule has 0 atom stereocenters. The predicted molar refractivity (Wildman–Crippen MR) is 84.9 cm³/mol. The number of nitrogens with one attached hydrogen (secondary N) is 1. The van der Waals surface area contributed by atoms with Crippen molar-refractivity contribution < 1.29 is 24.1 Å². The van der Waals surface area contributed by atoms with E-state index >= 15 is 0 Å². The fourth-order valence-corrected chi connectivity index (χ4v) is 2.52. The molecular weight excluding hydrogens is 336 g/mol. The van der Waals surface area contributed by atoms with Gasteiger partial charge in [0.25, 0.3) is 0 Å². The molecule has 2 aromatic rings. The predicted octanol–water partition coefficient (Wildman–Crippen LogP) is 3.72. The molecule has 1 aromatic heterocycles. The monoisotopic (exact) mass is 357 g/mol. The Kier molecular flexibility index (Phi) is 5.82. The topological polar surface area (TPSA) is 63.7 Å². The quantitative estimate of drug-likeness (QED) is 0.832. The van der Waals surface area contributed by atoms with Crippen molar-refractivity contribution in [1.29, 1.82) is 0 Å². The van der Waals surface area contributed by atoms with E-state index in [9.17, 15) is 0 Å². The number of tetrazole rings is 1. The first-order valence-corrected chi connectivity index (χ1v) is 7.55. The molecule has 1 aromatic carbocycles. The maximum atomic E-state index is 5.68. The van der Waals surface area contributed by atoms with Crippen molar-refractivity contribution in [3.63, 3.8) is 0 Å². The Labute approximate surface area is 149 Å². The van der Waals surface area contributed by atoms with Crippen LogP contribution >= 0.6 is 12.4 Å². The molecule has 0 aliphatic carbocycles. The summed E-state index contributed by atoms with van der Waals surface area (Å²) in [5.41, 5.74) is 3.30. The Morgan fingerprint density at radius 3 is 2.09 bits per heavy atom. The minimum Gasteiger partial charge on any atom is -0.147 e. The number of hydrogen-bond acceptors (Lipinski definition) is 4. The second-order valence-electron chi connectivity index (χ2n) is 7.25. The molecule has 0 spiro atoms. The minimum atomic E-state index is -0.0329. The molecule has 7 heteroatoms. The molecule has 5 nitrogen and oxygen atoms in total. The van der Waals surface area contributed by atoms with E-state index in [0.29, 0.717) is 5.82 Å². The van der Waals surface area contributed by atoms with Gasteiger partial charge in [0.05, 0.1) is 0 Å². The first kappa shape index (κ1) is 19.1. The summed E-state index contributed by atoms with van der Waals surface area (Å²) in [4.78, 5) is 0. The molecule has 0 amide bonds. The van der Waals surface area contributed by atoms with Crippen molar-refractivity contribution in [2.45, 2.75) is 52.4 Å². The van der Waals surface area contributed by atoms with Crippen LogP contribution in [0.4, 0.5) is 0 Å². The van der Waals surface area contributed by atoms with E-state index in [0.717, 1.165) is 16.9 Å². The van der Waals surface area contributed by atoms with Crippen LogP contribution in [0.1, 0.15) is 52.7 Å². The summed E-state index contributed by atoms with van der Waals surface area (Å²) in [6, 6.07) is 4.34. The number of halogens is 1. The van der Waals surface area contributed by atoms with Gasteiger partial charge < -0.3 is 0 Å². The third-order valence-corrected chi connectivity index (χ3v) is 3.78. The zero-order valence-electron chi connectivity index (χ0n) is 13.8. The van der Waals surface area contributed by atoms with Gasteiger partial charge in [0.1, 0.15) is 0 Å². The van der Waals surface area contributed by atoms with Gasteiger partial charge in [-0.25, -0.2) is 0 Å². The van der Waals surface area contributed by atoms with E-state index in [1.807, 2.05) is 0 Å². The Bertz CT molecular complexity index is 630. The molecule has 1 N–H and O–H groups in total. The van der Waals surface area contributed by atoms with Crippen molar-refractivity contribution in [3.8, 4) is 17.1 Å². The van der Waals surface area contributed by atoms with Crippen LogP contribution in [0.3, 0.4) is 0 Å². The number of aromatic amines is 1. The molecule has 22 heavy (non-hydrogen) atoms. The molecular formula is C15H22ClN4OTi. The van der Waals surface area contributed by atoms with Crippen LogP contribution in [0.25, 0.3) is 11.4 Å². The standard InChI is InChI=1S/C15H22N4O.ClH.Ti/c1-14(2,3)9-7-10(13-16-18-19-17-13)12(20)11(8-9)15(4,5)6;;/h7-8,20H,1-6H3,(H,16,17,18,19);1H;/q;;+1/p-1. The largest absolute Gasteiger partial charge is 0.147 e. The number of benzene rings is 1. The third-order valence-electron chi connectivity index (χ3n) is 3.47. The summed E-state index contributed by atoms with van der Waals surface area (Å²) in [5.74, 6) is 1.46. The van der Waals surface area contributed by atoms with Crippen LogP contribution in [0.2, 0.25) is 0 Å². The summed E-state index contributed by atoms with van der Waals surface area (Å²) in [5, 5.41) is 14.2. The van der Waals surface area contributed by atoms with Crippen molar-refractivity contribution >= 4 is 12.4 Å². The second-order valence-corrected chi connectivity index (χ2v) is 7.57. The molecule has 119 valence electrons. The molecule has 0 saturated carbocycles. The van der Waals surface area contributed by atoms with Gasteiger partial charge in [0.2, 0.25) is 0 Å². The van der Waals surface area contributed by atoms with E-state index in [1.54, 1.807) is 20.8 Å². The van der Waals surface area contributed by atoms with E-state index < -0.39 is 0 Å². The zero-order chi connectivity index (χ0) is 15.8. The summed E-state index contributed by atoms with van der Waals surface area (Å²) in [6.45, 7) is 13.1. The normalized spacial score (nSPS) is 11.9. The van der Waals surface area contributed by atoms with Gasteiger partial charge in [0, 0.05) is 0 Å². The van der Waals surface area contributed by atoms with Gasteiger partial charge in [-0.05, 0) is 0 Å². The molecule has 0 aliphatic heterocycles. The maximum absolute atomic E-state index is 5.68. The van der Waals surface area contributed by atoms with Gasteiger partial charge in [-0.3, -0.25) is 0 Å². The Morgan fingerprint density at radius 1 is 1.05 bits per heavy atom. The van der Waals surface area contributed by atoms with Crippen molar-refractivity contribution in [3.05, 3.63) is 23.3 Å². The fourth-order valence-electron chi connectivity index (χ4n) is 2.18. The fraction of sp³-hybridized carbons (Fsp3) is 0.533. The summed E-state index contributed by atoms with van der Waals surface area (Å²) < 4.78 is 5.68. The van der Waals surface area contributed by atoms with Crippen LogP contribution in [-0.2, 0) is 31.7 Å². The number of rotatable bonds is 2. The number of aromatic nitrogens is 4. The zero-order valence-corrected chi connectivity index (χ0v) is 16.2. The Hall–Kier alpha value is -0.906. The van der Waals surface area contributed by atoms with Gasteiger partial charge in [-0.1, -0.05) is 0 Å².